The number of aliphatic hydroxyl groups is 2. The number of rotatable bonds is 7. The van der Waals surface area contributed by atoms with Gasteiger partial charge in [0.05, 0.1) is 36.3 Å². The van der Waals surface area contributed by atoms with E-state index in [1.165, 1.54) is 4.57 Å². The van der Waals surface area contributed by atoms with Crippen LogP contribution >= 0.6 is 19.5 Å². The van der Waals surface area contributed by atoms with Gasteiger partial charge in [-0.3, -0.25) is 9.59 Å². The molecule has 0 aromatic carbocycles. The number of aliphatic hydroxyl groups excluding tert-OH is 2. The zero-order valence-electron chi connectivity index (χ0n) is 31.0. The number of fused-ring (bicyclic) bond motifs is 1. The Morgan fingerprint density at radius 1 is 1.00 bits per heavy atom. The van der Waals surface area contributed by atoms with Gasteiger partial charge in [-0.05, 0) is 59.4 Å². The van der Waals surface area contributed by atoms with Gasteiger partial charge in [-0.1, -0.05) is 24.4 Å². The van der Waals surface area contributed by atoms with E-state index < -0.39 is 75.2 Å². The number of nitriles is 1. The average Bonchev–Trinajstić information content (AvgIpc) is 3.85. The molecule has 1 aliphatic carbocycles. The van der Waals surface area contributed by atoms with Crippen molar-refractivity contribution in [3.05, 3.63) is 23.0 Å². The largest absolute Gasteiger partial charge is 0.443 e. The number of nitrogens with zero attached hydrogens (tertiary/aromatic N) is 3. The summed E-state index contributed by atoms with van der Waals surface area (Å²) in [5.41, 5.74) is -0.961. The molecule has 0 amide bonds. The molecule has 0 bridgehead atoms. The summed E-state index contributed by atoms with van der Waals surface area (Å²) in [4.78, 5) is 41.4. The number of nitrogens with one attached hydrogen (secondary N) is 1. The van der Waals surface area contributed by atoms with Gasteiger partial charge in [0.1, 0.15) is 35.6 Å². The summed E-state index contributed by atoms with van der Waals surface area (Å²) >= 11 is 6.46. The maximum absolute atomic E-state index is 12.8. The Bertz CT molecular complexity index is 1610. The number of pyridine rings is 1. The lowest BCUT2D eigenvalue weighted by Crippen LogP contribution is -2.34. The maximum Gasteiger partial charge on any atom is 0.443 e. The first-order valence-corrected chi connectivity index (χ1v) is 20.2. The summed E-state index contributed by atoms with van der Waals surface area (Å²) in [6, 6.07) is 4.04. The van der Waals surface area contributed by atoms with Gasteiger partial charge in [-0.2, -0.15) is 10.2 Å². The predicted molar refractivity (Wildman–Crippen MR) is 194 cm³/mol. The number of esters is 2. The quantitative estimate of drug-likeness (QED) is 0.175. The number of carbonyl (C=O) groups excluding carboxylic acids is 2. The van der Waals surface area contributed by atoms with Gasteiger partial charge < -0.3 is 48.5 Å². The molecule has 5 rings (SSSR count). The number of hydrogen-bond donors (Lipinski definition) is 4. The molecule has 2 aromatic rings. The van der Waals surface area contributed by atoms with Crippen molar-refractivity contribution in [2.45, 2.75) is 96.8 Å². The fourth-order valence-corrected chi connectivity index (χ4v) is 7.47. The van der Waals surface area contributed by atoms with Crippen molar-refractivity contribution < 1.29 is 62.2 Å². The van der Waals surface area contributed by atoms with Gasteiger partial charge in [0.25, 0.3) is 0 Å². The van der Waals surface area contributed by atoms with Crippen molar-refractivity contribution in [2.24, 2.45) is 10.8 Å². The molecule has 2 aromatic heterocycles. The van der Waals surface area contributed by atoms with Gasteiger partial charge in [-0.25, -0.2) is 4.98 Å². The summed E-state index contributed by atoms with van der Waals surface area (Å²) in [5, 5.41) is 35.9. The van der Waals surface area contributed by atoms with Crippen LogP contribution in [0.25, 0.3) is 11.0 Å². The van der Waals surface area contributed by atoms with E-state index in [1.54, 1.807) is 40.0 Å². The fourth-order valence-electron chi connectivity index (χ4n) is 6.26. The van der Waals surface area contributed by atoms with Crippen LogP contribution in [-0.2, 0) is 47.1 Å². The average molecular weight is 802 g/mol. The normalized spacial score (nSPS) is 27.7. The zero-order chi connectivity index (χ0) is 39.1. The minimum Gasteiger partial charge on any atom is -0.434 e. The molecule has 0 spiro atoms. The second-order valence-corrected chi connectivity index (χ2v) is 17.4. The number of ether oxygens (including phenoxy) is 6. The number of cyclic esters (lactones) is 2. The van der Waals surface area contributed by atoms with Crippen LogP contribution in [0.4, 0.5) is 5.69 Å². The van der Waals surface area contributed by atoms with Crippen LogP contribution in [0, 0.1) is 22.2 Å². The van der Waals surface area contributed by atoms with Crippen molar-refractivity contribution in [3.8, 4) is 6.07 Å². The summed E-state index contributed by atoms with van der Waals surface area (Å²) in [5.74, 6) is -1.30. The van der Waals surface area contributed by atoms with E-state index in [2.05, 4.69) is 16.4 Å². The highest BCUT2D eigenvalue weighted by atomic mass is 35.5. The second kappa shape index (κ2) is 18.5. The van der Waals surface area contributed by atoms with Crippen LogP contribution in [0.3, 0.4) is 0 Å². The van der Waals surface area contributed by atoms with Crippen LogP contribution in [0.15, 0.2) is 12.3 Å². The number of aromatic nitrogens is 2. The molecule has 19 heteroatoms. The molecule has 4 atom stereocenters. The highest BCUT2D eigenvalue weighted by Crippen LogP contribution is 2.57. The number of anilines is 1. The fraction of sp³-hybridized carbons (Fsp3) is 0.714. The van der Waals surface area contributed by atoms with Crippen molar-refractivity contribution in [3.63, 3.8) is 0 Å². The second-order valence-electron chi connectivity index (χ2n) is 15.0. The van der Waals surface area contributed by atoms with Crippen LogP contribution in [-0.4, -0.2) is 114 Å². The van der Waals surface area contributed by atoms with Crippen LogP contribution in [0.1, 0.15) is 78.0 Å². The molecule has 1 saturated carbocycles. The lowest BCUT2D eigenvalue weighted by atomic mass is 9.95. The molecular formula is C35H51ClN4O13P+. The molecule has 17 nitrogen and oxygen atoms in total. The molecular weight excluding hydrogens is 751 g/mol. The van der Waals surface area contributed by atoms with Gasteiger partial charge in [0.15, 0.2) is 11.4 Å². The standard InChI is InChI=1S/C35H51ClN4O13P/c1-34(2)17-46-13-7-8-14-47-18-35(3,4)33(44)50-20-52-54(45,51-19-49-32(34)43)21-48-16-25-27(41)28(42)31(53-25)40-12-11-23-26(38-22-9-5-6-10-22)24(15-37)29(36)39-30(23)40/h11-12,22,25,27-28,31,41-42,45H,5-10,13-14,16-21H2,1-4H3,(H,38,39)/q+1/t25-,27-,28-,31-/m1/s1. The third-order valence-corrected chi connectivity index (χ3v) is 11.3. The van der Waals surface area contributed by atoms with Crippen LogP contribution < -0.4 is 5.32 Å². The molecule has 2 aliphatic heterocycles. The molecule has 3 fully saturated rings. The SMILES string of the molecule is CC1(C)COCCCCOCC(C)(C)C(=O)OCO[P+](O)(COC[C@H]2O[C@@H](n3ccc4c(NC5CCCC5)c(C#N)c(Cl)nc43)[C@H](O)[C@@H]2O)OCOC1=O. The molecule has 4 heterocycles. The van der Waals surface area contributed by atoms with Crippen LogP contribution in [0.2, 0.25) is 5.15 Å². The Hall–Kier alpha value is -2.72. The molecule has 0 radical (unpaired) electrons. The minimum absolute atomic E-state index is 0.0172. The third-order valence-electron chi connectivity index (χ3n) is 9.53. The number of hydrogen-bond acceptors (Lipinski definition) is 16. The van der Waals surface area contributed by atoms with Gasteiger partial charge >= 0.3 is 19.9 Å². The maximum atomic E-state index is 12.8. The van der Waals surface area contributed by atoms with E-state index in [-0.39, 0.29) is 36.6 Å². The Labute approximate surface area is 319 Å². The smallest absolute Gasteiger partial charge is 0.434 e. The minimum atomic E-state index is -4.04. The molecule has 54 heavy (non-hydrogen) atoms. The summed E-state index contributed by atoms with van der Waals surface area (Å²) in [6.45, 7) is 5.77. The highest BCUT2D eigenvalue weighted by Gasteiger charge is 2.48. The van der Waals surface area contributed by atoms with Gasteiger partial charge in [0.2, 0.25) is 19.9 Å². The number of halogens is 1. The lowest BCUT2D eigenvalue weighted by molar-refractivity contribution is -0.167. The van der Waals surface area contributed by atoms with E-state index in [0.717, 1.165) is 25.7 Å². The first kappa shape index (κ1) is 42.4. The summed E-state index contributed by atoms with van der Waals surface area (Å²) < 4.78 is 46.1. The molecule has 2 saturated heterocycles. The van der Waals surface area contributed by atoms with Crippen LogP contribution in [0.5, 0.6) is 0 Å². The Kier molecular flexibility index (Phi) is 14.5. The van der Waals surface area contributed by atoms with Gasteiger partial charge in [0, 0.05) is 30.8 Å². The zero-order valence-corrected chi connectivity index (χ0v) is 32.7. The van der Waals surface area contributed by atoms with E-state index in [1.807, 2.05) is 0 Å². The van der Waals surface area contributed by atoms with Crippen molar-refractivity contribution in [2.75, 3.05) is 58.3 Å². The Morgan fingerprint density at radius 2 is 1.59 bits per heavy atom. The summed E-state index contributed by atoms with van der Waals surface area (Å²) in [7, 11) is -4.04. The number of carbonyl (C=O) groups is 2. The predicted octanol–water partition coefficient (Wildman–Crippen LogP) is 4.18. The Morgan fingerprint density at radius 3 is 2.17 bits per heavy atom. The van der Waals surface area contributed by atoms with Crippen molar-refractivity contribution in [1.29, 1.82) is 5.26 Å². The van der Waals surface area contributed by atoms with Crippen molar-refractivity contribution >= 4 is 48.2 Å². The first-order valence-electron chi connectivity index (χ1n) is 18.0. The van der Waals surface area contributed by atoms with Crippen molar-refractivity contribution in [1.82, 2.24) is 9.55 Å². The van der Waals surface area contributed by atoms with E-state index in [9.17, 15) is 30.0 Å². The van der Waals surface area contributed by atoms with E-state index >= 15 is 0 Å². The molecule has 4 N–H and O–H groups in total. The molecule has 3 aliphatic rings. The highest BCUT2D eigenvalue weighted by molar-refractivity contribution is 7.60. The Balaban J connectivity index is 1.25. The van der Waals surface area contributed by atoms with E-state index in [4.69, 9.17) is 49.1 Å². The molecule has 300 valence electrons. The van der Waals surface area contributed by atoms with Gasteiger partial charge in [-0.15, -0.1) is 9.05 Å². The first-order chi connectivity index (χ1) is 25.7. The molecule has 0 unspecified atom stereocenters. The monoisotopic (exact) mass is 801 g/mol. The summed E-state index contributed by atoms with van der Waals surface area (Å²) in [6.07, 6.45) is 1.36. The third kappa shape index (κ3) is 10.4. The van der Waals surface area contributed by atoms with E-state index in [0.29, 0.717) is 42.8 Å². The lowest BCUT2D eigenvalue weighted by Gasteiger charge is -2.23. The topological polar surface area (TPSA) is 222 Å².